The zero-order chi connectivity index (χ0) is 15.2. The first-order valence-electron chi connectivity index (χ1n) is 6.70. The molecule has 0 atom stereocenters. The highest BCUT2D eigenvalue weighted by Crippen LogP contribution is 2.19. The molecular weight excluding hydrogens is 286 g/mol. The van der Waals surface area contributed by atoms with Gasteiger partial charge in [-0.15, -0.1) is 0 Å². The number of urea groups is 1. The molecule has 0 heterocycles. The molecule has 2 aromatic rings. The minimum atomic E-state index is -0.271. The van der Waals surface area contributed by atoms with E-state index in [0.717, 1.165) is 17.5 Å². The van der Waals surface area contributed by atoms with Gasteiger partial charge in [-0.2, -0.15) is 0 Å². The van der Waals surface area contributed by atoms with Crippen LogP contribution in [0.4, 0.5) is 16.2 Å². The number of benzene rings is 2. The topological polar surface area (TPSA) is 67.2 Å². The molecule has 4 N–H and O–H groups in total. The zero-order valence-electron chi connectivity index (χ0n) is 11.8. The average Bonchev–Trinajstić information content (AvgIpc) is 2.42. The first-order valence-corrected chi connectivity index (χ1v) is 7.08. The fourth-order valence-corrected chi connectivity index (χ4v) is 2.19. The third-order valence-corrected chi connectivity index (χ3v) is 3.28. The molecular formula is C16H18ClN3O. The number of nitrogens with one attached hydrogen (secondary N) is 2. The lowest BCUT2D eigenvalue weighted by Gasteiger charge is -2.10. The van der Waals surface area contributed by atoms with Gasteiger partial charge in [0.25, 0.3) is 0 Å². The van der Waals surface area contributed by atoms with Gasteiger partial charge in [0.05, 0.1) is 11.4 Å². The van der Waals surface area contributed by atoms with Crippen molar-refractivity contribution < 1.29 is 4.79 Å². The molecule has 0 radical (unpaired) electrons. The number of anilines is 2. The molecule has 5 heteroatoms. The molecule has 0 aromatic heterocycles. The number of halogens is 1. The van der Waals surface area contributed by atoms with Crippen LogP contribution in [0, 0.1) is 6.92 Å². The van der Waals surface area contributed by atoms with E-state index >= 15 is 0 Å². The van der Waals surface area contributed by atoms with Crippen LogP contribution in [-0.2, 0) is 6.42 Å². The molecule has 0 bridgehead atoms. The van der Waals surface area contributed by atoms with E-state index in [1.54, 1.807) is 6.07 Å². The number of hydrogen-bond donors (Lipinski definition) is 3. The molecule has 0 fully saturated rings. The number of nitrogen functional groups attached to an aromatic ring is 1. The molecule has 2 aromatic carbocycles. The van der Waals surface area contributed by atoms with Gasteiger partial charge in [-0.1, -0.05) is 29.8 Å². The summed E-state index contributed by atoms with van der Waals surface area (Å²) in [6.45, 7) is 2.48. The second kappa shape index (κ2) is 6.99. The highest BCUT2D eigenvalue weighted by atomic mass is 35.5. The van der Waals surface area contributed by atoms with Gasteiger partial charge >= 0.3 is 6.03 Å². The van der Waals surface area contributed by atoms with Crippen molar-refractivity contribution in [2.45, 2.75) is 13.3 Å². The summed E-state index contributed by atoms with van der Waals surface area (Å²) in [7, 11) is 0. The average molecular weight is 304 g/mol. The van der Waals surface area contributed by atoms with Gasteiger partial charge in [0.1, 0.15) is 0 Å². The third kappa shape index (κ3) is 4.68. The van der Waals surface area contributed by atoms with Crippen molar-refractivity contribution in [3.8, 4) is 0 Å². The van der Waals surface area contributed by atoms with Gasteiger partial charge in [-0.05, 0) is 48.7 Å². The van der Waals surface area contributed by atoms with Crippen LogP contribution in [0.15, 0.2) is 42.5 Å². The van der Waals surface area contributed by atoms with Gasteiger partial charge < -0.3 is 16.4 Å². The van der Waals surface area contributed by atoms with Crippen LogP contribution in [0.25, 0.3) is 0 Å². The van der Waals surface area contributed by atoms with E-state index in [2.05, 4.69) is 10.6 Å². The van der Waals surface area contributed by atoms with Crippen LogP contribution >= 0.6 is 11.6 Å². The molecule has 0 saturated heterocycles. The Kier molecular flexibility index (Phi) is 5.06. The Bertz CT molecular complexity index is 643. The highest BCUT2D eigenvalue weighted by Gasteiger charge is 2.04. The number of carbonyl (C=O) groups excluding carboxylic acids is 1. The van der Waals surface area contributed by atoms with Gasteiger partial charge in [0, 0.05) is 11.6 Å². The second-order valence-corrected chi connectivity index (χ2v) is 5.29. The summed E-state index contributed by atoms with van der Waals surface area (Å²) in [6, 6.07) is 12.8. The summed E-state index contributed by atoms with van der Waals surface area (Å²) >= 11 is 5.91. The fourth-order valence-electron chi connectivity index (χ4n) is 1.98. The van der Waals surface area contributed by atoms with Crippen LogP contribution in [0.2, 0.25) is 5.02 Å². The van der Waals surface area contributed by atoms with Crippen LogP contribution in [0.1, 0.15) is 11.1 Å². The van der Waals surface area contributed by atoms with Crippen LogP contribution in [0.3, 0.4) is 0 Å². The summed E-state index contributed by atoms with van der Waals surface area (Å²) in [5, 5.41) is 6.22. The molecule has 21 heavy (non-hydrogen) atoms. The number of amides is 2. The Balaban J connectivity index is 1.82. The quantitative estimate of drug-likeness (QED) is 0.756. The molecule has 0 aliphatic heterocycles. The first kappa shape index (κ1) is 15.2. The lowest BCUT2D eigenvalue weighted by molar-refractivity contribution is 0.252. The molecule has 0 unspecified atom stereocenters. The molecule has 0 spiro atoms. The van der Waals surface area contributed by atoms with Crippen molar-refractivity contribution in [3.63, 3.8) is 0 Å². The third-order valence-electron chi connectivity index (χ3n) is 3.04. The Morgan fingerprint density at radius 1 is 1.24 bits per heavy atom. The van der Waals surface area contributed by atoms with E-state index in [1.807, 2.05) is 43.3 Å². The van der Waals surface area contributed by atoms with Crippen LogP contribution in [0.5, 0.6) is 0 Å². The summed E-state index contributed by atoms with van der Waals surface area (Å²) in [5.41, 5.74) is 9.15. The summed E-state index contributed by atoms with van der Waals surface area (Å²) in [4.78, 5) is 11.8. The van der Waals surface area contributed by atoms with E-state index < -0.39 is 0 Å². The summed E-state index contributed by atoms with van der Waals surface area (Å²) in [5.74, 6) is 0. The SMILES string of the molecule is Cc1ccc(NC(=O)NCCc2cccc(Cl)c2)c(N)c1. The van der Waals surface area contributed by atoms with Gasteiger partial charge in [-0.25, -0.2) is 4.79 Å². The van der Waals surface area contributed by atoms with E-state index in [-0.39, 0.29) is 6.03 Å². The van der Waals surface area contributed by atoms with E-state index in [4.69, 9.17) is 17.3 Å². The molecule has 0 aliphatic carbocycles. The highest BCUT2D eigenvalue weighted by molar-refractivity contribution is 6.30. The maximum Gasteiger partial charge on any atom is 0.319 e. The van der Waals surface area contributed by atoms with Gasteiger partial charge in [-0.3, -0.25) is 0 Å². The van der Waals surface area contributed by atoms with E-state index in [0.29, 0.717) is 22.9 Å². The standard InChI is InChI=1S/C16H18ClN3O/c1-11-5-6-15(14(18)9-11)20-16(21)19-8-7-12-3-2-4-13(17)10-12/h2-6,9-10H,7-8,18H2,1H3,(H2,19,20,21). The van der Waals surface area contributed by atoms with Crippen molar-refractivity contribution in [2.75, 3.05) is 17.6 Å². The molecule has 4 nitrogen and oxygen atoms in total. The maximum absolute atomic E-state index is 11.8. The predicted octanol–water partition coefficient (Wildman–Crippen LogP) is 3.59. The molecule has 0 saturated carbocycles. The number of aryl methyl sites for hydroxylation is 1. The Morgan fingerprint density at radius 2 is 2.05 bits per heavy atom. The van der Waals surface area contributed by atoms with Crippen molar-refractivity contribution >= 4 is 29.0 Å². The van der Waals surface area contributed by atoms with E-state index in [1.165, 1.54) is 0 Å². The minimum absolute atomic E-state index is 0.271. The minimum Gasteiger partial charge on any atom is -0.397 e. The lowest BCUT2D eigenvalue weighted by atomic mass is 10.1. The molecule has 2 amide bonds. The zero-order valence-corrected chi connectivity index (χ0v) is 12.6. The predicted molar refractivity (Wildman–Crippen MR) is 87.8 cm³/mol. The molecule has 0 aliphatic rings. The Hall–Kier alpha value is -2.20. The van der Waals surface area contributed by atoms with Crippen molar-refractivity contribution in [2.24, 2.45) is 0 Å². The smallest absolute Gasteiger partial charge is 0.319 e. The Morgan fingerprint density at radius 3 is 2.76 bits per heavy atom. The van der Waals surface area contributed by atoms with Crippen molar-refractivity contribution in [3.05, 3.63) is 58.6 Å². The van der Waals surface area contributed by atoms with Crippen molar-refractivity contribution in [1.29, 1.82) is 0 Å². The number of hydrogen-bond acceptors (Lipinski definition) is 2. The van der Waals surface area contributed by atoms with Crippen LogP contribution in [-0.4, -0.2) is 12.6 Å². The summed E-state index contributed by atoms with van der Waals surface area (Å²) < 4.78 is 0. The maximum atomic E-state index is 11.8. The lowest BCUT2D eigenvalue weighted by Crippen LogP contribution is -2.30. The first-order chi connectivity index (χ1) is 10.0. The van der Waals surface area contributed by atoms with Gasteiger partial charge in [0.2, 0.25) is 0 Å². The van der Waals surface area contributed by atoms with Crippen molar-refractivity contribution in [1.82, 2.24) is 5.32 Å². The van der Waals surface area contributed by atoms with Gasteiger partial charge in [0.15, 0.2) is 0 Å². The number of carbonyl (C=O) groups is 1. The largest absolute Gasteiger partial charge is 0.397 e. The Labute approximate surface area is 129 Å². The number of rotatable bonds is 4. The second-order valence-electron chi connectivity index (χ2n) is 4.85. The monoisotopic (exact) mass is 303 g/mol. The fraction of sp³-hybridized carbons (Fsp3) is 0.188. The van der Waals surface area contributed by atoms with Crippen LogP contribution < -0.4 is 16.4 Å². The normalized spacial score (nSPS) is 10.2. The molecule has 110 valence electrons. The molecule has 2 rings (SSSR count). The number of nitrogens with two attached hydrogens (primary N) is 1. The van der Waals surface area contributed by atoms with E-state index in [9.17, 15) is 4.79 Å². The summed E-state index contributed by atoms with van der Waals surface area (Å²) in [6.07, 6.45) is 0.720.